The lowest BCUT2D eigenvalue weighted by Gasteiger charge is -2.27. The molecule has 1 amide bonds. The molecule has 3 heteroatoms. The minimum atomic E-state index is -0.192. The van der Waals surface area contributed by atoms with Crippen LogP contribution in [-0.4, -0.2) is 23.7 Å². The number of nitrogens with one attached hydrogen (secondary N) is 1. The van der Waals surface area contributed by atoms with Crippen molar-refractivity contribution >= 4 is 5.91 Å². The molecule has 3 aliphatic rings. The van der Waals surface area contributed by atoms with Gasteiger partial charge in [-0.3, -0.25) is 4.79 Å². The van der Waals surface area contributed by atoms with E-state index in [1.54, 1.807) is 0 Å². The van der Waals surface area contributed by atoms with Crippen LogP contribution in [0.4, 0.5) is 0 Å². The first-order valence-electron chi connectivity index (χ1n) is 7.23. The third-order valence-corrected chi connectivity index (χ3v) is 5.12. The maximum Gasteiger partial charge on any atom is 0.223 e. The van der Waals surface area contributed by atoms with Gasteiger partial charge in [-0.15, -0.1) is 0 Å². The van der Waals surface area contributed by atoms with Crippen LogP contribution in [-0.2, 0) is 4.79 Å². The number of amides is 1. The maximum atomic E-state index is 12.0. The number of hydrogen-bond acceptors (Lipinski definition) is 2. The van der Waals surface area contributed by atoms with Crippen LogP contribution >= 0.6 is 0 Å². The molecule has 0 saturated heterocycles. The minimum absolute atomic E-state index is 0.192. The van der Waals surface area contributed by atoms with E-state index in [0.717, 1.165) is 19.3 Å². The Balaban J connectivity index is 1.43. The van der Waals surface area contributed by atoms with Crippen molar-refractivity contribution in [2.75, 3.05) is 6.54 Å². The summed E-state index contributed by atoms with van der Waals surface area (Å²) in [6.07, 6.45) is 7.96. The Morgan fingerprint density at radius 3 is 2.47 bits per heavy atom. The first-order valence-corrected chi connectivity index (χ1v) is 7.23. The summed E-state index contributed by atoms with van der Waals surface area (Å²) >= 11 is 0. The normalized spacial score (nSPS) is 44.2. The molecule has 2 N–H and O–H groups in total. The molecule has 3 rings (SSSR count). The molecule has 0 bridgehead atoms. The summed E-state index contributed by atoms with van der Waals surface area (Å²) in [6.45, 7) is 0.690. The fourth-order valence-electron chi connectivity index (χ4n) is 3.99. The van der Waals surface area contributed by atoms with Gasteiger partial charge in [-0.1, -0.05) is 19.3 Å². The van der Waals surface area contributed by atoms with Gasteiger partial charge in [-0.25, -0.2) is 0 Å². The summed E-state index contributed by atoms with van der Waals surface area (Å²) in [5.74, 6) is 2.28. The zero-order valence-corrected chi connectivity index (χ0v) is 10.4. The molecular weight excluding hydrogens is 214 g/mol. The maximum absolute atomic E-state index is 12.0. The van der Waals surface area contributed by atoms with Crippen LogP contribution in [0, 0.1) is 23.7 Å². The van der Waals surface area contributed by atoms with E-state index in [2.05, 4.69) is 5.32 Å². The van der Waals surface area contributed by atoms with Crippen molar-refractivity contribution in [1.82, 2.24) is 5.32 Å². The van der Waals surface area contributed by atoms with Crippen LogP contribution in [0.3, 0.4) is 0 Å². The molecule has 3 nitrogen and oxygen atoms in total. The highest BCUT2D eigenvalue weighted by atomic mass is 16.3. The summed E-state index contributed by atoms with van der Waals surface area (Å²) in [4.78, 5) is 12.0. The first kappa shape index (κ1) is 11.5. The van der Waals surface area contributed by atoms with Crippen molar-refractivity contribution in [1.29, 1.82) is 0 Å². The molecule has 0 aromatic rings. The van der Waals surface area contributed by atoms with Gasteiger partial charge in [0.1, 0.15) is 0 Å². The average Bonchev–Trinajstić information content (AvgIpc) is 2.82. The van der Waals surface area contributed by atoms with Crippen LogP contribution in [0.1, 0.15) is 44.9 Å². The van der Waals surface area contributed by atoms with Crippen LogP contribution in [0.2, 0.25) is 0 Å². The molecular formula is C14H23NO2. The Morgan fingerprint density at radius 1 is 1.06 bits per heavy atom. The zero-order chi connectivity index (χ0) is 11.8. The lowest BCUT2D eigenvalue weighted by molar-refractivity contribution is -0.123. The van der Waals surface area contributed by atoms with E-state index in [1.807, 2.05) is 0 Å². The Bertz CT molecular complexity index is 295. The van der Waals surface area contributed by atoms with Gasteiger partial charge >= 0.3 is 0 Å². The monoisotopic (exact) mass is 237 g/mol. The third kappa shape index (κ3) is 2.22. The Hall–Kier alpha value is -0.570. The van der Waals surface area contributed by atoms with Gasteiger partial charge in [0, 0.05) is 18.4 Å². The van der Waals surface area contributed by atoms with Crippen molar-refractivity contribution in [3.8, 4) is 0 Å². The number of aliphatic hydroxyl groups excluding tert-OH is 1. The molecule has 17 heavy (non-hydrogen) atoms. The second kappa shape index (κ2) is 4.60. The second-order valence-electron chi connectivity index (χ2n) is 6.14. The quantitative estimate of drug-likeness (QED) is 0.785. The van der Waals surface area contributed by atoms with E-state index in [-0.39, 0.29) is 12.0 Å². The lowest BCUT2D eigenvalue weighted by atomic mass is 9.86. The average molecular weight is 237 g/mol. The summed E-state index contributed by atoms with van der Waals surface area (Å²) in [5.41, 5.74) is 0. The standard InChI is InChI=1S/C14H23NO2/c16-12-7-2-1-4-9(12)8-15-14(17)13-10-5-3-6-11(10)13/h9-13,16H,1-8H2,(H,15,17). The van der Waals surface area contributed by atoms with Gasteiger partial charge in [-0.2, -0.15) is 0 Å². The number of rotatable bonds is 3. The highest BCUT2D eigenvalue weighted by Gasteiger charge is 2.56. The van der Waals surface area contributed by atoms with Crippen molar-refractivity contribution in [3.63, 3.8) is 0 Å². The Labute approximate surface area is 103 Å². The molecule has 4 unspecified atom stereocenters. The molecule has 4 atom stereocenters. The largest absolute Gasteiger partial charge is 0.393 e. The van der Waals surface area contributed by atoms with E-state index in [9.17, 15) is 9.90 Å². The molecule has 0 spiro atoms. The van der Waals surface area contributed by atoms with Gasteiger partial charge in [0.15, 0.2) is 0 Å². The molecule has 3 fully saturated rings. The highest BCUT2D eigenvalue weighted by molar-refractivity contribution is 5.82. The van der Waals surface area contributed by atoms with Crippen LogP contribution in [0.15, 0.2) is 0 Å². The van der Waals surface area contributed by atoms with Crippen molar-refractivity contribution < 1.29 is 9.90 Å². The second-order valence-corrected chi connectivity index (χ2v) is 6.14. The minimum Gasteiger partial charge on any atom is -0.393 e. The molecule has 0 aromatic heterocycles. The molecule has 3 aliphatic carbocycles. The van der Waals surface area contributed by atoms with E-state index < -0.39 is 0 Å². The summed E-state index contributed by atoms with van der Waals surface area (Å²) in [7, 11) is 0. The summed E-state index contributed by atoms with van der Waals surface area (Å²) < 4.78 is 0. The molecule has 0 heterocycles. The van der Waals surface area contributed by atoms with Crippen molar-refractivity contribution in [2.45, 2.75) is 51.0 Å². The predicted octanol–water partition coefficient (Wildman–Crippen LogP) is 1.70. The van der Waals surface area contributed by atoms with Gasteiger partial charge in [0.25, 0.3) is 0 Å². The van der Waals surface area contributed by atoms with Crippen LogP contribution in [0.5, 0.6) is 0 Å². The SMILES string of the molecule is O=C(NCC1CCCCC1O)C1C2CCCC21. The number of carbonyl (C=O) groups excluding carboxylic acids is 1. The van der Waals surface area contributed by atoms with E-state index >= 15 is 0 Å². The first-order chi connectivity index (χ1) is 8.27. The van der Waals surface area contributed by atoms with Crippen molar-refractivity contribution in [3.05, 3.63) is 0 Å². The highest BCUT2D eigenvalue weighted by Crippen LogP contribution is 2.57. The van der Waals surface area contributed by atoms with Gasteiger partial charge in [0.2, 0.25) is 5.91 Å². The fraction of sp³-hybridized carbons (Fsp3) is 0.929. The fourth-order valence-corrected chi connectivity index (χ4v) is 3.99. The summed E-state index contributed by atoms with van der Waals surface area (Å²) in [6, 6.07) is 0. The Morgan fingerprint density at radius 2 is 1.76 bits per heavy atom. The smallest absolute Gasteiger partial charge is 0.223 e. The zero-order valence-electron chi connectivity index (χ0n) is 10.4. The number of carbonyl (C=O) groups is 1. The predicted molar refractivity (Wildman–Crippen MR) is 65.3 cm³/mol. The van der Waals surface area contributed by atoms with Crippen LogP contribution in [0.25, 0.3) is 0 Å². The van der Waals surface area contributed by atoms with Crippen molar-refractivity contribution in [2.24, 2.45) is 23.7 Å². The third-order valence-electron chi connectivity index (χ3n) is 5.12. The van der Waals surface area contributed by atoms with Gasteiger partial charge in [-0.05, 0) is 37.5 Å². The lowest BCUT2D eigenvalue weighted by Crippen LogP contribution is -2.37. The van der Waals surface area contributed by atoms with E-state index in [4.69, 9.17) is 0 Å². The molecule has 0 radical (unpaired) electrons. The topological polar surface area (TPSA) is 49.3 Å². The molecule has 0 aliphatic heterocycles. The molecule has 3 saturated carbocycles. The molecule has 0 aromatic carbocycles. The Kier molecular flexibility index (Phi) is 3.12. The summed E-state index contributed by atoms with van der Waals surface area (Å²) in [5, 5.41) is 12.9. The molecule has 96 valence electrons. The van der Waals surface area contributed by atoms with Gasteiger partial charge < -0.3 is 10.4 Å². The number of fused-ring (bicyclic) bond motifs is 1. The number of aliphatic hydroxyl groups is 1. The number of hydrogen-bond donors (Lipinski definition) is 2. The van der Waals surface area contributed by atoms with Crippen LogP contribution < -0.4 is 5.32 Å². The van der Waals surface area contributed by atoms with E-state index in [1.165, 1.54) is 25.7 Å². The van der Waals surface area contributed by atoms with E-state index in [0.29, 0.717) is 30.2 Å². The van der Waals surface area contributed by atoms with Gasteiger partial charge in [0.05, 0.1) is 6.10 Å².